The zero-order chi connectivity index (χ0) is 13.1. The van der Waals surface area contributed by atoms with Gasteiger partial charge in [-0.3, -0.25) is 4.79 Å². The Balaban J connectivity index is 2.02. The minimum Gasteiger partial charge on any atom is -0.349 e. The van der Waals surface area contributed by atoms with Crippen molar-refractivity contribution in [2.45, 2.75) is 39.2 Å². The first-order valence-corrected chi connectivity index (χ1v) is 6.87. The Hall–Kier alpha value is -1.09. The number of hydrogen-bond donors (Lipinski definition) is 1. The van der Waals surface area contributed by atoms with Crippen LogP contribution in [0.2, 0.25) is 5.15 Å². The molecule has 18 heavy (non-hydrogen) atoms. The summed E-state index contributed by atoms with van der Waals surface area (Å²) in [6, 6.07) is 3.69. The zero-order valence-electron chi connectivity index (χ0n) is 10.8. The lowest BCUT2D eigenvalue weighted by Gasteiger charge is -2.33. The highest BCUT2D eigenvalue weighted by atomic mass is 35.5. The molecule has 1 saturated carbocycles. The van der Waals surface area contributed by atoms with Crippen LogP contribution in [0.3, 0.4) is 0 Å². The number of carbonyl (C=O) groups is 1. The molecule has 3 atom stereocenters. The Labute approximate surface area is 113 Å². The lowest BCUT2D eigenvalue weighted by atomic mass is 9.80. The molecule has 1 aliphatic carbocycles. The Kier molecular flexibility index (Phi) is 4.23. The maximum atomic E-state index is 12.1. The quantitative estimate of drug-likeness (QED) is 0.835. The van der Waals surface area contributed by atoms with Gasteiger partial charge < -0.3 is 5.32 Å². The summed E-state index contributed by atoms with van der Waals surface area (Å²) < 4.78 is 0. The molecule has 3 unspecified atom stereocenters. The fraction of sp³-hybridized carbons (Fsp3) is 0.571. The van der Waals surface area contributed by atoms with E-state index < -0.39 is 0 Å². The molecule has 1 amide bonds. The van der Waals surface area contributed by atoms with E-state index >= 15 is 0 Å². The summed E-state index contributed by atoms with van der Waals surface area (Å²) in [4.78, 5) is 16.1. The molecule has 0 saturated heterocycles. The average molecular weight is 267 g/mol. The first-order valence-electron chi connectivity index (χ1n) is 6.49. The number of aromatic nitrogens is 1. The van der Waals surface area contributed by atoms with Crippen molar-refractivity contribution in [1.29, 1.82) is 0 Å². The summed E-state index contributed by atoms with van der Waals surface area (Å²) in [6.45, 7) is 4.47. The number of pyridine rings is 1. The number of carbonyl (C=O) groups excluding carboxylic acids is 1. The molecule has 1 aliphatic rings. The monoisotopic (exact) mass is 266 g/mol. The molecule has 1 aromatic rings. The van der Waals surface area contributed by atoms with Gasteiger partial charge >= 0.3 is 0 Å². The molecule has 98 valence electrons. The highest BCUT2D eigenvalue weighted by Gasteiger charge is 2.27. The molecule has 2 rings (SSSR count). The highest BCUT2D eigenvalue weighted by Crippen LogP contribution is 2.28. The third kappa shape index (κ3) is 3.02. The van der Waals surface area contributed by atoms with Gasteiger partial charge in [-0.15, -0.1) is 0 Å². The Morgan fingerprint density at radius 2 is 2.22 bits per heavy atom. The van der Waals surface area contributed by atoms with Crippen LogP contribution in [0.25, 0.3) is 0 Å². The van der Waals surface area contributed by atoms with Gasteiger partial charge in [0.05, 0.1) is 5.56 Å². The minimum atomic E-state index is -0.112. The largest absolute Gasteiger partial charge is 0.349 e. The molecular formula is C14H19ClN2O. The maximum absolute atomic E-state index is 12.1. The van der Waals surface area contributed by atoms with Gasteiger partial charge in [0.2, 0.25) is 0 Å². The molecule has 0 spiro atoms. The summed E-state index contributed by atoms with van der Waals surface area (Å²) in [6.07, 6.45) is 4.98. The fourth-order valence-electron chi connectivity index (χ4n) is 2.68. The van der Waals surface area contributed by atoms with Crippen LogP contribution >= 0.6 is 11.6 Å². The lowest BCUT2D eigenvalue weighted by Crippen LogP contribution is -2.42. The summed E-state index contributed by atoms with van der Waals surface area (Å²) in [7, 11) is 0. The molecule has 0 bridgehead atoms. The van der Waals surface area contributed by atoms with Gasteiger partial charge in [0.25, 0.3) is 5.91 Å². The van der Waals surface area contributed by atoms with Crippen molar-refractivity contribution in [3.05, 3.63) is 29.0 Å². The van der Waals surface area contributed by atoms with Crippen molar-refractivity contribution in [1.82, 2.24) is 10.3 Å². The van der Waals surface area contributed by atoms with Gasteiger partial charge in [0, 0.05) is 12.2 Å². The van der Waals surface area contributed by atoms with E-state index in [1.165, 1.54) is 12.8 Å². The van der Waals surface area contributed by atoms with E-state index in [4.69, 9.17) is 11.6 Å². The number of amides is 1. The van der Waals surface area contributed by atoms with Crippen LogP contribution in [0, 0.1) is 11.8 Å². The van der Waals surface area contributed by atoms with Gasteiger partial charge in [0.1, 0.15) is 5.15 Å². The van der Waals surface area contributed by atoms with Crippen LogP contribution in [0.5, 0.6) is 0 Å². The first kappa shape index (κ1) is 13.3. The summed E-state index contributed by atoms with van der Waals surface area (Å²) in [5.41, 5.74) is 0.463. The van der Waals surface area contributed by atoms with E-state index in [0.717, 1.165) is 12.3 Å². The van der Waals surface area contributed by atoms with Crippen molar-refractivity contribution in [2.75, 3.05) is 0 Å². The number of hydrogen-bond acceptors (Lipinski definition) is 2. The normalized spacial score (nSPS) is 27.8. The second kappa shape index (κ2) is 5.70. The summed E-state index contributed by atoms with van der Waals surface area (Å²) in [5.74, 6) is 1.17. The van der Waals surface area contributed by atoms with E-state index in [2.05, 4.69) is 24.1 Å². The number of rotatable bonds is 2. The summed E-state index contributed by atoms with van der Waals surface area (Å²) in [5, 5.41) is 3.35. The predicted molar refractivity (Wildman–Crippen MR) is 72.7 cm³/mol. The molecule has 1 fully saturated rings. The molecule has 4 heteroatoms. The Bertz CT molecular complexity index is 436. The van der Waals surface area contributed by atoms with E-state index in [0.29, 0.717) is 11.5 Å². The molecule has 1 heterocycles. The van der Waals surface area contributed by atoms with Crippen molar-refractivity contribution >= 4 is 17.5 Å². The smallest absolute Gasteiger partial charge is 0.254 e. The third-order valence-corrected chi connectivity index (χ3v) is 4.05. The molecule has 0 aliphatic heterocycles. The van der Waals surface area contributed by atoms with E-state index in [1.807, 2.05) is 0 Å². The molecular weight excluding hydrogens is 248 g/mol. The molecule has 3 nitrogen and oxygen atoms in total. The maximum Gasteiger partial charge on any atom is 0.254 e. The van der Waals surface area contributed by atoms with Gasteiger partial charge in [-0.2, -0.15) is 0 Å². The van der Waals surface area contributed by atoms with Gasteiger partial charge in [0.15, 0.2) is 0 Å². The van der Waals surface area contributed by atoms with Crippen LogP contribution in [0.4, 0.5) is 0 Å². The van der Waals surface area contributed by atoms with Crippen molar-refractivity contribution < 1.29 is 4.79 Å². The van der Waals surface area contributed by atoms with E-state index in [9.17, 15) is 4.79 Å². The second-order valence-electron chi connectivity index (χ2n) is 5.32. The highest BCUT2D eigenvalue weighted by molar-refractivity contribution is 6.32. The van der Waals surface area contributed by atoms with E-state index in [-0.39, 0.29) is 17.1 Å². The number of nitrogens with zero attached hydrogens (tertiary/aromatic N) is 1. The molecule has 1 aromatic heterocycles. The van der Waals surface area contributed by atoms with Crippen molar-refractivity contribution in [3.8, 4) is 0 Å². The van der Waals surface area contributed by atoms with Crippen LogP contribution < -0.4 is 5.32 Å². The minimum absolute atomic E-state index is 0.112. The second-order valence-corrected chi connectivity index (χ2v) is 5.68. The van der Waals surface area contributed by atoms with Gasteiger partial charge in [-0.1, -0.05) is 25.4 Å². The van der Waals surface area contributed by atoms with Crippen molar-refractivity contribution in [2.24, 2.45) is 11.8 Å². The van der Waals surface area contributed by atoms with E-state index in [1.54, 1.807) is 18.3 Å². The summed E-state index contributed by atoms with van der Waals surface area (Å²) >= 11 is 5.92. The molecule has 0 aromatic carbocycles. The zero-order valence-corrected chi connectivity index (χ0v) is 11.6. The Morgan fingerprint density at radius 3 is 2.89 bits per heavy atom. The van der Waals surface area contributed by atoms with Crippen LogP contribution in [-0.4, -0.2) is 16.9 Å². The lowest BCUT2D eigenvalue weighted by molar-refractivity contribution is 0.0899. The van der Waals surface area contributed by atoms with Gasteiger partial charge in [-0.25, -0.2) is 4.98 Å². The standard InChI is InChI=1S/C14H19ClN2O/c1-9-5-6-12(10(2)8-9)17-14(18)11-4-3-7-16-13(11)15/h3-4,7,9-10,12H,5-6,8H2,1-2H3,(H,17,18). The number of nitrogens with one attached hydrogen (secondary N) is 1. The first-order chi connectivity index (χ1) is 8.58. The van der Waals surface area contributed by atoms with Crippen LogP contribution in [-0.2, 0) is 0 Å². The molecule has 0 radical (unpaired) electrons. The van der Waals surface area contributed by atoms with Crippen LogP contribution in [0.15, 0.2) is 18.3 Å². The SMILES string of the molecule is CC1CCC(NC(=O)c2cccnc2Cl)C(C)C1. The van der Waals surface area contributed by atoms with Crippen molar-refractivity contribution in [3.63, 3.8) is 0 Å². The third-order valence-electron chi connectivity index (χ3n) is 3.75. The van der Waals surface area contributed by atoms with Crippen LogP contribution in [0.1, 0.15) is 43.5 Å². The average Bonchev–Trinajstić information content (AvgIpc) is 2.33. The Morgan fingerprint density at radius 1 is 1.44 bits per heavy atom. The molecule has 1 N–H and O–H groups in total. The predicted octanol–water partition coefficient (Wildman–Crippen LogP) is 3.29. The number of halogens is 1. The fourth-order valence-corrected chi connectivity index (χ4v) is 2.89. The van der Waals surface area contributed by atoms with Gasteiger partial charge in [-0.05, 0) is 43.2 Å². The topological polar surface area (TPSA) is 42.0 Å².